The molecule has 126 valence electrons. The van der Waals surface area contributed by atoms with Gasteiger partial charge < -0.3 is 26.3 Å². The second-order valence-corrected chi connectivity index (χ2v) is 6.07. The Morgan fingerprint density at radius 2 is 1.75 bits per heavy atom. The van der Waals surface area contributed by atoms with Gasteiger partial charge in [-0.2, -0.15) is 15.0 Å². The van der Waals surface area contributed by atoms with Crippen LogP contribution in [0.5, 0.6) is 11.5 Å². The summed E-state index contributed by atoms with van der Waals surface area (Å²) in [6.45, 7) is 1.66. The Morgan fingerprint density at radius 3 is 2.46 bits per heavy atom. The van der Waals surface area contributed by atoms with E-state index in [0.29, 0.717) is 31.5 Å². The molecular formula is C16H20N6O2. The average molecular weight is 328 g/mol. The number of benzene rings is 1. The molecule has 1 aromatic carbocycles. The lowest BCUT2D eigenvalue weighted by atomic mass is 10.0. The molecule has 0 saturated heterocycles. The van der Waals surface area contributed by atoms with Gasteiger partial charge in [-0.15, -0.1) is 0 Å². The average Bonchev–Trinajstić information content (AvgIpc) is 3.39. The van der Waals surface area contributed by atoms with E-state index in [2.05, 4.69) is 32.4 Å². The number of aromatic nitrogens is 3. The minimum atomic E-state index is 0.140. The van der Waals surface area contributed by atoms with Crippen LogP contribution in [0.15, 0.2) is 18.2 Å². The van der Waals surface area contributed by atoms with Crippen LogP contribution >= 0.6 is 0 Å². The van der Waals surface area contributed by atoms with Crippen molar-refractivity contribution in [1.29, 1.82) is 0 Å². The molecule has 1 atom stereocenters. The second kappa shape index (κ2) is 6.12. The molecule has 1 aliphatic carbocycles. The third-order valence-electron chi connectivity index (χ3n) is 4.22. The molecule has 5 N–H and O–H groups in total. The maximum absolute atomic E-state index is 5.69. The molecule has 0 radical (unpaired) electrons. The van der Waals surface area contributed by atoms with Crippen LogP contribution < -0.4 is 26.3 Å². The fourth-order valence-electron chi connectivity index (χ4n) is 2.98. The highest BCUT2D eigenvalue weighted by Crippen LogP contribution is 2.43. The molecule has 2 aliphatic rings. The first-order chi connectivity index (χ1) is 11.7. The van der Waals surface area contributed by atoms with E-state index < -0.39 is 0 Å². The van der Waals surface area contributed by atoms with Crippen molar-refractivity contribution in [2.75, 3.05) is 24.7 Å². The number of nitrogen functional groups attached to an aromatic ring is 2. The summed E-state index contributed by atoms with van der Waals surface area (Å²) in [6, 6.07) is 6.32. The fraction of sp³-hybridized carbons (Fsp3) is 0.438. The first-order valence-electron chi connectivity index (χ1n) is 8.08. The van der Waals surface area contributed by atoms with Crippen LogP contribution in [0.4, 0.5) is 11.9 Å². The van der Waals surface area contributed by atoms with Gasteiger partial charge in [0.05, 0.1) is 6.54 Å². The molecule has 1 aliphatic heterocycles. The Bertz CT molecular complexity index is 729. The molecule has 8 heteroatoms. The summed E-state index contributed by atoms with van der Waals surface area (Å²) < 4.78 is 11.3. The first-order valence-corrected chi connectivity index (χ1v) is 8.08. The summed E-state index contributed by atoms with van der Waals surface area (Å²) in [4.78, 5) is 12.0. The Labute approximate surface area is 139 Å². The molecule has 4 rings (SSSR count). The lowest BCUT2D eigenvalue weighted by molar-refractivity contribution is 0.171. The number of ether oxygens (including phenoxy) is 2. The van der Waals surface area contributed by atoms with Crippen molar-refractivity contribution >= 4 is 11.9 Å². The number of hydrogen-bond acceptors (Lipinski definition) is 8. The van der Waals surface area contributed by atoms with Crippen molar-refractivity contribution < 1.29 is 9.47 Å². The molecule has 1 unspecified atom stereocenters. The number of nitrogens with two attached hydrogens (primary N) is 2. The van der Waals surface area contributed by atoms with Gasteiger partial charge in [-0.3, -0.25) is 0 Å². The molecule has 8 nitrogen and oxygen atoms in total. The predicted octanol–water partition coefficient (Wildman–Crippen LogP) is 1.05. The lowest BCUT2D eigenvalue weighted by Crippen LogP contribution is -2.25. The van der Waals surface area contributed by atoms with Gasteiger partial charge in [-0.05, 0) is 36.5 Å². The van der Waals surface area contributed by atoms with E-state index in [4.69, 9.17) is 20.9 Å². The molecule has 2 heterocycles. The van der Waals surface area contributed by atoms with E-state index in [1.54, 1.807) is 0 Å². The monoisotopic (exact) mass is 328 g/mol. The van der Waals surface area contributed by atoms with Gasteiger partial charge in [0.15, 0.2) is 11.5 Å². The van der Waals surface area contributed by atoms with Crippen LogP contribution in [0.3, 0.4) is 0 Å². The maximum Gasteiger partial charge on any atom is 0.225 e. The molecule has 1 saturated carbocycles. The van der Waals surface area contributed by atoms with Gasteiger partial charge in [0.1, 0.15) is 19.0 Å². The van der Waals surface area contributed by atoms with Gasteiger partial charge in [0.25, 0.3) is 0 Å². The van der Waals surface area contributed by atoms with E-state index in [-0.39, 0.29) is 17.9 Å². The first kappa shape index (κ1) is 14.9. The van der Waals surface area contributed by atoms with Crippen LogP contribution in [-0.4, -0.2) is 28.2 Å². The Kier molecular flexibility index (Phi) is 3.81. The van der Waals surface area contributed by atoms with Crippen LogP contribution in [0.2, 0.25) is 0 Å². The second-order valence-electron chi connectivity index (χ2n) is 6.07. The number of nitrogens with one attached hydrogen (secondary N) is 1. The minimum Gasteiger partial charge on any atom is -0.486 e. The summed E-state index contributed by atoms with van der Waals surface area (Å²) in [7, 11) is 0. The van der Waals surface area contributed by atoms with Crippen molar-refractivity contribution in [3.8, 4) is 11.5 Å². The topological polar surface area (TPSA) is 121 Å². The normalized spacial score (nSPS) is 17.5. The molecule has 24 heavy (non-hydrogen) atoms. The zero-order valence-corrected chi connectivity index (χ0v) is 13.2. The zero-order chi connectivity index (χ0) is 16.5. The number of nitrogens with zero attached hydrogens (tertiary/aromatic N) is 3. The summed E-state index contributed by atoms with van der Waals surface area (Å²) >= 11 is 0. The highest BCUT2D eigenvalue weighted by Gasteiger charge is 2.33. The van der Waals surface area contributed by atoms with Crippen LogP contribution in [-0.2, 0) is 6.54 Å². The molecule has 1 aromatic heterocycles. The number of rotatable bonds is 5. The number of anilines is 2. The smallest absolute Gasteiger partial charge is 0.225 e. The van der Waals surface area contributed by atoms with E-state index in [1.165, 1.54) is 18.4 Å². The molecule has 2 aromatic rings. The van der Waals surface area contributed by atoms with Gasteiger partial charge in [-0.25, -0.2) is 0 Å². The lowest BCUT2D eigenvalue weighted by Gasteiger charge is -2.23. The fourth-order valence-corrected chi connectivity index (χ4v) is 2.98. The van der Waals surface area contributed by atoms with Crippen molar-refractivity contribution in [3.63, 3.8) is 0 Å². The summed E-state index contributed by atoms with van der Waals surface area (Å²) in [6.07, 6.45) is 2.40. The highest BCUT2D eigenvalue weighted by molar-refractivity contribution is 5.45. The number of fused-ring (bicyclic) bond motifs is 1. The Balaban J connectivity index is 1.52. The molecule has 0 bridgehead atoms. The third-order valence-corrected chi connectivity index (χ3v) is 4.22. The van der Waals surface area contributed by atoms with E-state index in [1.807, 2.05) is 6.07 Å². The van der Waals surface area contributed by atoms with Crippen LogP contribution in [0.25, 0.3) is 0 Å². The van der Waals surface area contributed by atoms with Gasteiger partial charge >= 0.3 is 0 Å². The maximum atomic E-state index is 5.69. The predicted molar refractivity (Wildman–Crippen MR) is 88.4 cm³/mol. The standard InChI is InChI=1S/C16H20N6O2/c17-15-20-13(21-16(18)22-15)8-19-14(9-1-2-9)10-3-4-11-12(7-10)24-6-5-23-11/h3-4,7,9,14,19H,1-2,5-6,8H2,(H4,17,18,20,21,22). The van der Waals surface area contributed by atoms with Crippen LogP contribution in [0.1, 0.15) is 30.3 Å². The molecule has 0 amide bonds. The Morgan fingerprint density at radius 1 is 1.04 bits per heavy atom. The highest BCUT2D eigenvalue weighted by atomic mass is 16.6. The van der Waals surface area contributed by atoms with Gasteiger partial charge in [0.2, 0.25) is 11.9 Å². The molecular weight excluding hydrogens is 308 g/mol. The summed E-state index contributed by atoms with van der Waals surface area (Å²) in [5.41, 5.74) is 12.4. The summed E-state index contributed by atoms with van der Waals surface area (Å²) in [5.74, 6) is 3.04. The van der Waals surface area contributed by atoms with Crippen molar-refractivity contribution in [2.45, 2.75) is 25.4 Å². The van der Waals surface area contributed by atoms with E-state index in [0.717, 1.165) is 11.5 Å². The number of hydrogen-bond donors (Lipinski definition) is 3. The van der Waals surface area contributed by atoms with Crippen molar-refractivity contribution in [3.05, 3.63) is 29.6 Å². The van der Waals surface area contributed by atoms with Gasteiger partial charge in [-0.1, -0.05) is 6.07 Å². The minimum absolute atomic E-state index is 0.140. The van der Waals surface area contributed by atoms with E-state index >= 15 is 0 Å². The molecule has 1 fully saturated rings. The van der Waals surface area contributed by atoms with Gasteiger partial charge in [0, 0.05) is 6.04 Å². The van der Waals surface area contributed by atoms with Crippen molar-refractivity contribution in [1.82, 2.24) is 20.3 Å². The summed E-state index contributed by atoms with van der Waals surface area (Å²) in [5, 5.41) is 3.52. The zero-order valence-electron chi connectivity index (χ0n) is 13.2. The SMILES string of the molecule is Nc1nc(N)nc(CNC(c2ccc3c(c2)OCCO3)C2CC2)n1. The quantitative estimate of drug-likeness (QED) is 0.744. The van der Waals surface area contributed by atoms with Crippen LogP contribution in [0, 0.1) is 5.92 Å². The largest absolute Gasteiger partial charge is 0.486 e. The molecule has 0 spiro atoms. The van der Waals surface area contributed by atoms with Crippen molar-refractivity contribution in [2.24, 2.45) is 5.92 Å². The van der Waals surface area contributed by atoms with E-state index in [9.17, 15) is 0 Å². The Hall–Kier alpha value is -2.61. The third kappa shape index (κ3) is 3.18.